The number of nitrogens with one attached hydrogen (secondary N) is 1. The molecule has 2 aliphatic carbocycles. The molecule has 116 valence electrons. The fourth-order valence-electron chi connectivity index (χ4n) is 4.22. The average Bonchev–Trinajstić information content (AvgIpc) is 3.06. The molecule has 3 N–H and O–H groups in total. The highest BCUT2D eigenvalue weighted by atomic mass is 32.2. The summed E-state index contributed by atoms with van der Waals surface area (Å²) in [5.41, 5.74) is 3.99. The van der Waals surface area contributed by atoms with Gasteiger partial charge >= 0.3 is 0 Å². The third-order valence-electron chi connectivity index (χ3n) is 5.33. The van der Waals surface area contributed by atoms with Crippen LogP contribution in [0.15, 0.2) is 29.2 Å². The summed E-state index contributed by atoms with van der Waals surface area (Å²) < 4.78 is 23.0. The molecule has 0 aliphatic heterocycles. The Bertz CT molecular complexity index is 597. The van der Waals surface area contributed by atoms with Crippen molar-refractivity contribution in [2.75, 3.05) is 6.26 Å². The van der Waals surface area contributed by atoms with E-state index in [1.165, 1.54) is 31.9 Å². The van der Waals surface area contributed by atoms with Crippen LogP contribution in [-0.4, -0.2) is 14.7 Å². The van der Waals surface area contributed by atoms with Crippen molar-refractivity contribution in [2.45, 2.75) is 43.0 Å². The molecule has 0 radical (unpaired) electrons. The summed E-state index contributed by atoms with van der Waals surface area (Å²) in [4.78, 5) is 0.363. The molecule has 2 aliphatic rings. The lowest BCUT2D eigenvalue weighted by molar-refractivity contribution is 0.280. The van der Waals surface area contributed by atoms with Gasteiger partial charge in [-0.15, -0.1) is 0 Å². The monoisotopic (exact) mass is 308 g/mol. The van der Waals surface area contributed by atoms with Crippen molar-refractivity contribution in [3.05, 3.63) is 29.8 Å². The molecule has 4 atom stereocenters. The predicted molar refractivity (Wildman–Crippen MR) is 83.2 cm³/mol. The SMILES string of the molecule is CS(=O)(=O)c1ccc(C(CC2CC3CCC2C3)NN)cc1. The van der Waals surface area contributed by atoms with Gasteiger partial charge in [0.1, 0.15) is 0 Å². The summed E-state index contributed by atoms with van der Waals surface area (Å²) in [6.07, 6.45) is 7.80. The van der Waals surface area contributed by atoms with Gasteiger partial charge in [0, 0.05) is 12.3 Å². The van der Waals surface area contributed by atoms with E-state index in [0.29, 0.717) is 4.90 Å². The van der Waals surface area contributed by atoms with Crippen molar-refractivity contribution in [3.8, 4) is 0 Å². The molecule has 1 aromatic carbocycles. The average molecular weight is 308 g/mol. The Kier molecular flexibility index (Phi) is 4.08. The lowest BCUT2D eigenvalue weighted by Crippen LogP contribution is -2.30. The first-order valence-electron chi connectivity index (χ1n) is 7.73. The van der Waals surface area contributed by atoms with Crippen LogP contribution in [0.2, 0.25) is 0 Å². The summed E-state index contributed by atoms with van der Waals surface area (Å²) in [6, 6.07) is 7.23. The van der Waals surface area contributed by atoms with Crippen LogP contribution in [-0.2, 0) is 9.84 Å². The molecule has 3 rings (SSSR count). The molecule has 4 nitrogen and oxygen atoms in total. The van der Waals surface area contributed by atoms with E-state index in [1.54, 1.807) is 12.1 Å². The Morgan fingerprint density at radius 3 is 2.43 bits per heavy atom. The Hall–Kier alpha value is -0.910. The van der Waals surface area contributed by atoms with E-state index in [-0.39, 0.29) is 6.04 Å². The van der Waals surface area contributed by atoms with Gasteiger partial charge in [-0.1, -0.05) is 18.6 Å². The van der Waals surface area contributed by atoms with Gasteiger partial charge in [-0.25, -0.2) is 8.42 Å². The van der Waals surface area contributed by atoms with Gasteiger partial charge in [-0.3, -0.25) is 11.3 Å². The van der Waals surface area contributed by atoms with E-state index in [4.69, 9.17) is 5.84 Å². The van der Waals surface area contributed by atoms with Gasteiger partial charge in [-0.2, -0.15) is 0 Å². The van der Waals surface area contributed by atoms with Crippen LogP contribution < -0.4 is 11.3 Å². The van der Waals surface area contributed by atoms with Crippen LogP contribution in [0, 0.1) is 17.8 Å². The molecule has 4 unspecified atom stereocenters. The fraction of sp³-hybridized carbons (Fsp3) is 0.625. The molecule has 0 heterocycles. The number of fused-ring (bicyclic) bond motifs is 2. The zero-order chi connectivity index (χ0) is 15.0. The molecule has 0 saturated heterocycles. The van der Waals surface area contributed by atoms with E-state index in [0.717, 1.165) is 29.7 Å². The number of nitrogens with two attached hydrogens (primary N) is 1. The smallest absolute Gasteiger partial charge is 0.175 e. The van der Waals surface area contributed by atoms with Crippen LogP contribution in [0.5, 0.6) is 0 Å². The third-order valence-corrected chi connectivity index (χ3v) is 6.46. The molecule has 1 aromatic rings. The number of rotatable bonds is 5. The number of hydrogen-bond donors (Lipinski definition) is 2. The van der Waals surface area contributed by atoms with Gasteiger partial charge in [0.2, 0.25) is 0 Å². The second kappa shape index (κ2) is 5.71. The maximum atomic E-state index is 11.5. The Balaban J connectivity index is 1.71. The molecule has 21 heavy (non-hydrogen) atoms. The standard InChI is InChI=1S/C16H24N2O2S/c1-21(19,20)15-6-4-12(5-7-15)16(18-17)10-14-9-11-2-3-13(14)8-11/h4-7,11,13-14,16,18H,2-3,8-10,17H2,1H3. The van der Waals surface area contributed by atoms with E-state index < -0.39 is 9.84 Å². The van der Waals surface area contributed by atoms with E-state index >= 15 is 0 Å². The number of benzene rings is 1. The molecule has 2 fully saturated rings. The molecule has 2 bridgehead atoms. The van der Waals surface area contributed by atoms with Crippen LogP contribution >= 0.6 is 0 Å². The molecule has 0 spiro atoms. The largest absolute Gasteiger partial charge is 0.271 e. The third kappa shape index (κ3) is 3.15. The normalized spacial score (nSPS) is 29.7. The van der Waals surface area contributed by atoms with Gasteiger partial charge in [0.15, 0.2) is 9.84 Å². The topological polar surface area (TPSA) is 72.2 Å². The van der Waals surface area contributed by atoms with Crippen LogP contribution in [0.3, 0.4) is 0 Å². The molecule has 0 amide bonds. The van der Waals surface area contributed by atoms with Crippen molar-refractivity contribution in [1.29, 1.82) is 0 Å². The van der Waals surface area contributed by atoms with Crippen LogP contribution in [0.4, 0.5) is 0 Å². The molecule has 2 saturated carbocycles. The summed E-state index contributed by atoms with van der Waals surface area (Å²) in [6.45, 7) is 0. The first-order valence-corrected chi connectivity index (χ1v) is 9.62. The van der Waals surface area contributed by atoms with E-state index in [9.17, 15) is 8.42 Å². The maximum absolute atomic E-state index is 11.5. The number of hydrogen-bond acceptors (Lipinski definition) is 4. The fourth-order valence-corrected chi connectivity index (χ4v) is 4.85. The van der Waals surface area contributed by atoms with Gasteiger partial charge in [-0.05, 0) is 61.1 Å². The zero-order valence-corrected chi connectivity index (χ0v) is 13.3. The molecule has 0 aromatic heterocycles. The van der Waals surface area contributed by atoms with Crippen LogP contribution in [0.1, 0.15) is 43.7 Å². The minimum absolute atomic E-state index is 0.114. The van der Waals surface area contributed by atoms with Crippen molar-refractivity contribution in [2.24, 2.45) is 23.6 Å². The highest BCUT2D eigenvalue weighted by Gasteiger charge is 2.40. The van der Waals surface area contributed by atoms with Crippen molar-refractivity contribution < 1.29 is 8.42 Å². The van der Waals surface area contributed by atoms with Crippen molar-refractivity contribution in [3.63, 3.8) is 0 Å². The molecular formula is C16H24N2O2S. The Morgan fingerprint density at radius 1 is 1.24 bits per heavy atom. The van der Waals surface area contributed by atoms with Crippen molar-refractivity contribution in [1.82, 2.24) is 5.43 Å². The zero-order valence-electron chi connectivity index (χ0n) is 12.5. The molecule has 5 heteroatoms. The molecular weight excluding hydrogens is 284 g/mol. The lowest BCUT2D eigenvalue weighted by atomic mass is 9.83. The lowest BCUT2D eigenvalue weighted by Gasteiger charge is -2.26. The second-order valence-corrected chi connectivity index (χ2v) is 8.75. The van der Waals surface area contributed by atoms with Gasteiger partial charge in [0.25, 0.3) is 0 Å². The number of hydrazine groups is 1. The Morgan fingerprint density at radius 2 is 1.95 bits per heavy atom. The first kappa shape index (κ1) is 15.0. The number of sulfone groups is 1. The summed E-state index contributed by atoms with van der Waals surface area (Å²) in [5, 5.41) is 0. The highest BCUT2D eigenvalue weighted by molar-refractivity contribution is 7.90. The van der Waals surface area contributed by atoms with Crippen molar-refractivity contribution >= 4 is 9.84 Å². The highest BCUT2D eigenvalue weighted by Crippen LogP contribution is 2.50. The summed E-state index contributed by atoms with van der Waals surface area (Å²) in [5.74, 6) is 8.31. The minimum Gasteiger partial charge on any atom is -0.271 e. The minimum atomic E-state index is -3.13. The first-order chi connectivity index (χ1) is 9.97. The van der Waals surface area contributed by atoms with Crippen LogP contribution in [0.25, 0.3) is 0 Å². The van der Waals surface area contributed by atoms with Gasteiger partial charge < -0.3 is 0 Å². The summed E-state index contributed by atoms with van der Waals surface area (Å²) >= 11 is 0. The Labute approximate surface area is 127 Å². The van der Waals surface area contributed by atoms with E-state index in [1.807, 2.05) is 12.1 Å². The summed E-state index contributed by atoms with van der Waals surface area (Å²) in [7, 11) is -3.13. The van der Waals surface area contributed by atoms with E-state index in [2.05, 4.69) is 5.43 Å². The quantitative estimate of drug-likeness (QED) is 0.647. The predicted octanol–water partition coefficient (Wildman–Crippen LogP) is 2.42. The second-order valence-electron chi connectivity index (χ2n) is 6.73. The van der Waals surface area contributed by atoms with Gasteiger partial charge in [0.05, 0.1) is 4.90 Å². The maximum Gasteiger partial charge on any atom is 0.175 e.